The summed E-state index contributed by atoms with van der Waals surface area (Å²) >= 11 is 1.48. The minimum atomic E-state index is 0.713. The molecule has 2 heterocycles. The number of rotatable bonds is 6. The van der Waals surface area contributed by atoms with Crippen molar-refractivity contribution in [2.24, 2.45) is 0 Å². The fourth-order valence-electron chi connectivity index (χ4n) is 1.72. The van der Waals surface area contributed by atoms with Crippen molar-refractivity contribution in [2.75, 3.05) is 11.9 Å². The van der Waals surface area contributed by atoms with Gasteiger partial charge in [-0.2, -0.15) is 0 Å². The van der Waals surface area contributed by atoms with Crippen LogP contribution in [0.5, 0.6) is 0 Å². The zero-order valence-corrected chi connectivity index (χ0v) is 12.9. The van der Waals surface area contributed by atoms with E-state index in [1.165, 1.54) is 11.8 Å². The van der Waals surface area contributed by atoms with Crippen LogP contribution in [0.2, 0.25) is 0 Å². The van der Waals surface area contributed by atoms with Crippen LogP contribution in [0.15, 0.2) is 28.9 Å². The number of nitrogens with zero attached hydrogens (tertiary/aromatic N) is 4. The van der Waals surface area contributed by atoms with E-state index in [0.29, 0.717) is 5.16 Å². The maximum Gasteiger partial charge on any atom is 0.193 e. The fraction of sp³-hybridized carbons (Fsp3) is 0.429. The summed E-state index contributed by atoms with van der Waals surface area (Å²) in [6.45, 7) is 7.13. The monoisotopic (exact) mass is 289 g/mol. The predicted octanol–water partition coefficient (Wildman–Crippen LogP) is 3.11. The molecule has 0 aliphatic carbocycles. The first-order chi connectivity index (χ1) is 9.74. The van der Waals surface area contributed by atoms with Crippen molar-refractivity contribution in [3.8, 4) is 0 Å². The van der Waals surface area contributed by atoms with Crippen LogP contribution >= 0.6 is 11.8 Å². The first-order valence-corrected chi connectivity index (χ1v) is 7.60. The summed E-state index contributed by atoms with van der Waals surface area (Å²) in [5.41, 5.74) is 2.17. The van der Waals surface area contributed by atoms with Gasteiger partial charge in [0.25, 0.3) is 0 Å². The second-order valence-corrected chi connectivity index (χ2v) is 5.39. The fourth-order valence-corrected chi connectivity index (χ4v) is 2.57. The molecule has 20 heavy (non-hydrogen) atoms. The smallest absolute Gasteiger partial charge is 0.193 e. The molecular formula is C14H19N5S. The van der Waals surface area contributed by atoms with Crippen LogP contribution in [0.1, 0.15) is 31.4 Å². The van der Waals surface area contributed by atoms with Crippen LogP contribution in [0, 0.1) is 6.92 Å². The van der Waals surface area contributed by atoms with Gasteiger partial charge in [0.15, 0.2) is 5.16 Å². The van der Waals surface area contributed by atoms with Crippen LogP contribution in [0.3, 0.4) is 0 Å². The molecule has 0 saturated heterocycles. The zero-order valence-electron chi connectivity index (χ0n) is 12.1. The SMILES string of the molecule is CCCNc1ncnc(Sc2ncc(C)cn2)c1CC. The molecule has 0 fully saturated rings. The van der Waals surface area contributed by atoms with E-state index in [0.717, 1.165) is 41.4 Å². The molecule has 106 valence electrons. The summed E-state index contributed by atoms with van der Waals surface area (Å²) in [5.74, 6) is 0.916. The molecule has 0 amide bonds. The average Bonchev–Trinajstić information content (AvgIpc) is 2.47. The summed E-state index contributed by atoms with van der Waals surface area (Å²) in [4.78, 5) is 17.3. The van der Waals surface area contributed by atoms with Crippen molar-refractivity contribution in [2.45, 2.75) is 43.8 Å². The molecule has 0 aliphatic rings. The summed E-state index contributed by atoms with van der Waals surface area (Å²) in [6.07, 6.45) is 7.17. The van der Waals surface area contributed by atoms with E-state index < -0.39 is 0 Å². The number of hydrogen-bond acceptors (Lipinski definition) is 6. The molecule has 0 unspecified atom stereocenters. The Kier molecular flexibility index (Phi) is 5.29. The highest BCUT2D eigenvalue weighted by Crippen LogP contribution is 2.29. The van der Waals surface area contributed by atoms with Crippen molar-refractivity contribution in [1.82, 2.24) is 19.9 Å². The van der Waals surface area contributed by atoms with Crippen molar-refractivity contribution in [3.05, 3.63) is 29.8 Å². The summed E-state index contributed by atoms with van der Waals surface area (Å²) in [5, 5.41) is 4.98. The molecule has 0 aromatic carbocycles. The van der Waals surface area contributed by atoms with Crippen molar-refractivity contribution < 1.29 is 0 Å². The highest BCUT2D eigenvalue weighted by atomic mass is 32.2. The molecule has 1 N–H and O–H groups in total. The summed E-state index contributed by atoms with van der Waals surface area (Å²) < 4.78 is 0. The van der Waals surface area contributed by atoms with E-state index >= 15 is 0 Å². The molecule has 0 spiro atoms. The molecule has 0 bridgehead atoms. The van der Waals surface area contributed by atoms with E-state index in [-0.39, 0.29) is 0 Å². The van der Waals surface area contributed by atoms with E-state index in [1.807, 2.05) is 19.3 Å². The van der Waals surface area contributed by atoms with Crippen LogP contribution < -0.4 is 5.32 Å². The van der Waals surface area contributed by atoms with Gasteiger partial charge in [-0.3, -0.25) is 0 Å². The molecule has 5 nitrogen and oxygen atoms in total. The van der Waals surface area contributed by atoms with E-state index in [2.05, 4.69) is 39.1 Å². The minimum Gasteiger partial charge on any atom is -0.370 e. The van der Waals surface area contributed by atoms with Crippen LogP contribution in [-0.2, 0) is 6.42 Å². The molecule has 2 aromatic rings. The Hall–Kier alpha value is -1.69. The van der Waals surface area contributed by atoms with E-state index in [4.69, 9.17) is 0 Å². The lowest BCUT2D eigenvalue weighted by atomic mass is 10.2. The lowest BCUT2D eigenvalue weighted by Gasteiger charge is -2.11. The zero-order chi connectivity index (χ0) is 14.4. The normalized spacial score (nSPS) is 10.6. The molecule has 6 heteroatoms. The van der Waals surface area contributed by atoms with Crippen LogP contribution in [0.4, 0.5) is 5.82 Å². The Bertz CT molecular complexity index is 556. The summed E-state index contributed by atoms with van der Waals surface area (Å²) in [7, 11) is 0. The topological polar surface area (TPSA) is 63.6 Å². The highest BCUT2D eigenvalue weighted by molar-refractivity contribution is 7.99. The molecule has 0 saturated carbocycles. The van der Waals surface area contributed by atoms with Crippen LogP contribution in [-0.4, -0.2) is 26.5 Å². The third kappa shape index (κ3) is 3.66. The van der Waals surface area contributed by atoms with Gasteiger partial charge in [0.05, 0.1) is 0 Å². The van der Waals surface area contributed by atoms with Crippen molar-refractivity contribution >= 4 is 17.6 Å². The van der Waals surface area contributed by atoms with Gasteiger partial charge in [-0.25, -0.2) is 19.9 Å². The quantitative estimate of drug-likeness (QED) is 0.651. The first kappa shape index (κ1) is 14.7. The molecule has 0 atom stereocenters. The lowest BCUT2D eigenvalue weighted by molar-refractivity contribution is 0.900. The Morgan fingerprint density at radius 3 is 2.50 bits per heavy atom. The Morgan fingerprint density at radius 2 is 1.85 bits per heavy atom. The van der Waals surface area contributed by atoms with Gasteiger partial charge in [0.1, 0.15) is 17.2 Å². The largest absolute Gasteiger partial charge is 0.370 e. The first-order valence-electron chi connectivity index (χ1n) is 6.78. The standard InChI is InChI=1S/C14H19N5S/c1-4-6-15-12-11(5-2)13(19-9-18-12)20-14-16-7-10(3)8-17-14/h7-9H,4-6H2,1-3H3,(H,15,18,19). The maximum absolute atomic E-state index is 4.37. The Balaban J connectivity index is 2.24. The third-order valence-electron chi connectivity index (χ3n) is 2.75. The summed E-state index contributed by atoms with van der Waals surface area (Å²) in [6, 6.07) is 0. The lowest BCUT2D eigenvalue weighted by Crippen LogP contribution is -2.07. The van der Waals surface area contributed by atoms with Gasteiger partial charge >= 0.3 is 0 Å². The molecule has 0 radical (unpaired) electrons. The van der Waals surface area contributed by atoms with Crippen LogP contribution in [0.25, 0.3) is 0 Å². The number of aromatic nitrogens is 4. The molecule has 2 aromatic heterocycles. The van der Waals surface area contributed by atoms with Gasteiger partial charge < -0.3 is 5.32 Å². The maximum atomic E-state index is 4.37. The average molecular weight is 289 g/mol. The Morgan fingerprint density at radius 1 is 1.10 bits per heavy atom. The van der Waals surface area contributed by atoms with Gasteiger partial charge in [0, 0.05) is 24.5 Å². The van der Waals surface area contributed by atoms with E-state index in [1.54, 1.807) is 6.33 Å². The Labute approximate surface area is 123 Å². The van der Waals surface area contributed by atoms with Gasteiger partial charge in [-0.05, 0) is 37.1 Å². The number of hydrogen-bond donors (Lipinski definition) is 1. The molecular weight excluding hydrogens is 270 g/mol. The van der Waals surface area contributed by atoms with Gasteiger partial charge in [0.2, 0.25) is 0 Å². The minimum absolute atomic E-state index is 0.713. The number of aryl methyl sites for hydroxylation is 1. The number of nitrogens with one attached hydrogen (secondary N) is 1. The predicted molar refractivity (Wildman–Crippen MR) is 81.1 cm³/mol. The van der Waals surface area contributed by atoms with Gasteiger partial charge in [-0.1, -0.05) is 13.8 Å². The second kappa shape index (κ2) is 7.19. The number of anilines is 1. The second-order valence-electron chi connectivity index (χ2n) is 4.43. The third-order valence-corrected chi connectivity index (χ3v) is 3.69. The molecule has 0 aliphatic heterocycles. The van der Waals surface area contributed by atoms with Crippen molar-refractivity contribution in [1.29, 1.82) is 0 Å². The van der Waals surface area contributed by atoms with Crippen molar-refractivity contribution in [3.63, 3.8) is 0 Å². The van der Waals surface area contributed by atoms with Gasteiger partial charge in [-0.15, -0.1) is 0 Å². The molecule has 2 rings (SSSR count). The highest BCUT2D eigenvalue weighted by Gasteiger charge is 2.12. The van der Waals surface area contributed by atoms with E-state index in [9.17, 15) is 0 Å².